The zero-order valence-corrected chi connectivity index (χ0v) is 12.1. The molecule has 7 heteroatoms. The summed E-state index contributed by atoms with van der Waals surface area (Å²) in [6.45, 7) is 4.06. The SMILES string of the molecule is CCOC(=O)c1c(NC(=O)C2CCC(=O)NC2)c[nH]c1C. The fourth-order valence-electron chi connectivity index (χ4n) is 2.28. The minimum absolute atomic E-state index is 0.0382. The Morgan fingerprint density at radius 2 is 2.24 bits per heavy atom. The molecule has 7 nitrogen and oxygen atoms in total. The number of anilines is 1. The molecule has 1 aromatic heterocycles. The number of hydrogen-bond acceptors (Lipinski definition) is 4. The number of carbonyl (C=O) groups is 3. The molecule has 1 atom stereocenters. The quantitative estimate of drug-likeness (QED) is 0.720. The van der Waals surface area contributed by atoms with Gasteiger partial charge in [0.1, 0.15) is 5.56 Å². The Labute approximate surface area is 122 Å². The Balaban J connectivity index is 2.07. The third kappa shape index (κ3) is 3.42. The maximum Gasteiger partial charge on any atom is 0.342 e. The van der Waals surface area contributed by atoms with Crippen LogP contribution in [0.15, 0.2) is 6.20 Å². The number of nitrogens with one attached hydrogen (secondary N) is 3. The van der Waals surface area contributed by atoms with E-state index in [1.54, 1.807) is 20.0 Å². The van der Waals surface area contributed by atoms with Crippen LogP contribution in [0.3, 0.4) is 0 Å². The van der Waals surface area contributed by atoms with E-state index in [0.717, 1.165) is 0 Å². The molecule has 0 aliphatic carbocycles. The molecule has 114 valence electrons. The number of amides is 2. The molecule has 0 bridgehead atoms. The summed E-state index contributed by atoms with van der Waals surface area (Å²) < 4.78 is 4.98. The molecule has 0 spiro atoms. The van der Waals surface area contributed by atoms with Crippen LogP contribution >= 0.6 is 0 Å². The van der Waals surface area contributed by atoms with Crippen LogP contribution in [0.2, 0.25) is 0 Å². The monoisotopic (exact) mass is 293 g/mol. The van der Waals surface area contributed by atoms with Crippen molar-refractivity contribution in [1.29, 1.82) is 0 Å². The lowest BCUT2D eigenvalue weighted by atomic mass is 9.98. The standard InChI is InChI=1S/C14H19N3O4/c1-3-21-14(20)12-8(2)15-7-10(12)17-13(19)9-4-5-11(18)16-6-9/h7,9,15H,3-6H2,1-2H3,(H,16,18)(H,17,19). The van der Waals surface area contributed by atoms with E-state index in [4.69, 9.17) is 4.74 Å². The second-order valence-corrected chi connectivity index (χ2v) is 4.95. The van der Waals surface area contributed by atoms with Crippen molar-refractivity contribution in [1.82, 2.24) is 10.3 Å². The number of aromatic amines is 1. The van der Waals surface area contributed by atoms with Crippen molar-refractivity contribution in [2.45, 2.75) is 26.7 Å². The highest BCUT2D eigenvalue weighted by atomic mass is 16.5. The van der Waals surface area contributed by atoms with Crippen molar-refractivity contribution in [2.24, 2.45) is 5.92 Å². The van der Waals surface area contributed by atoms with E-state index >= 15 is 0 Å². The molecule has 21 heavy (non-hydrogen) atoms. The van der Waals surface area contributed by atoms with Crippen LogP contribution in [0.5, 0.6) is 0 Å². The van der Waals surface area contributed by atoms with E-state index in [-0.39, 0.29) is 24.3 Å². The van der Waals surface area contributed by atoms with Crippen molar-refractivity contribution in [2.75, 3.05) is 18.5 Å². The van der Waals surface area contributed by atoms with Crippen molar-refractivity contribution >= 4 is 23.5 Å². The highest BCUT2D eigenvalue weighted by Gasteiger charge is 2.26. The van der Waals surface area contributed by atoms with E-state index in [1.165, 1.54) is 0 Å². The third-order valence-corrected chi connectivity index (χ3v) is 3.45. The predicted molar refractivity (Wildman–Crippen MR) is 75.8 cm³/mol. The number of carbonyl (C=O) groups excluding carboxylic acids is 3. The lowest BCUT2D eigenvalue weighted by Crippen LogP contribution is -2.40. The van der Waals surface area contributed by atoms with Crippen LogP contribution < -0.4 is 10.6 Å². The molecular weight excluding hydrogens is 274 g/mol. The predicted octanol–water partition coefficient (Wildman–Crippen LogP) is 0.965. The van der Waals surface area contributed by atoms with Crippen LogP contribution in [0.4, 0.5) is 5.69 Å². The molecule has 3 N–H and O–H groups in total. The second kappa shape index (κ2) is 6.43. The lowest BCUT2D eigenvalue weighted by Gasteiger charge is -2.21. The first-order valence-corrected chi connectivity index (χ1v) is 6.95. The third-order valence-electron chi connectivity index (χ3n) is 3.45. The molecule has 2 rings (SSSR count). The van der Waals surface area contributed by atoms with Gasteiger partial charge in [-0.15, -0.1) is 0 Å². The van der Waals surface area contributed by atoms with Crippen LogP contribution in [-0.2, 0) is 14.3 Å². The molecule has 2 amide bonds. The maximum absolute atomic E-state index is 12.2. The molecule has 1 fully saturated rings. The van der Waals surface area contributed by atoms with Crippen molar-refractivity contribution in [3.05, 3.63) is 17.5 Å². The van der Waals surface area contributed by atoms with Crippen molar-refractivity contribution in [3.8, 4) is 0 Å². The minimum Gasteiger partial charge on any atom is -0.462 e. The molecule has 1 aromatic rings. The van der Waals surface area contributed by atoms with Gasteiger partial charge in [0.2, 0.25) is 11.8 Å². The number of ether oxygens (including phenoxy) is 1. The van der Waals surface area contributed by atoms with Gasteiger partial charge in [-0.25, -0.2) is 4.79 Å². The summed E-state index contributed by atoms with van der Waals surface area (Å²) in [5, 5.41) is 5.40. The van der Waals surface area contributed by atoms with Gasteiger partial charge in [0.15, 0.2) is 0 Å². The first-order valence-electron chi connectivity index (χ1n) is 6.95. The normalized spacial score (nSPS) is 18.0. The highest BCUT2D eigenvalue weighted by molar-refractivity contribution is 6.03. The summed E-state index contributed by atoms with van der Waals surface area (Å²) in [7, 11) is 0. The van der Waals surface area contributed by atoms with Gasteiger partial charge < -0.3 is 20.4 Å². The van der Waals surface area contributed by atoms with Gasteiger partial charge in [0.05, 0.1) is 18.2 Å². The van der Waals surface area contributed by atoms with Crippen LogP contribution in [-0.4, -0.2) is 35.9 Å². The maximum atomic E-state index is 12.2. The molecule has 1 saturated heterocycles. The van der Waals surface area contributed by atoms with Gasteiger partial charge >= 0.3 is 5.97 Å². The Kier molecular flexibility index (Phi) is 4.62. The summed E-state index contributed by atoms with van der Waals surface area (Å²) in [4.78, 5) is 38.1. The lowest BCUT2D eigenvalue weighted by molar-refractivity contribution is -0.126. The van der Waals surface area contributed by atoms with E-state index in [1.807, 2.05) is 0 Å². The van der Waals surface area contributed by atoms with Gasteiger partial charge in [-0.05, 0) is 20.3 Å². The smallest absolute Gasteiger partial charge is 0.342 e. The topological polar surface area (TPSA) is 100 Å². The number of aromatic nitrogens is 1. The highest BCUT2D eigenvalue weighted by Crippen LogP contribution is 2.22. The van der Waals surface area contributed by atoms with E-state index in [0.29, 0.717) is 36.3 Å². The Bertz CT molecular complexity index is 555. The van der Waals surface area contributed by atoms with Crippen LogP contribution in [0, 0.1) is 12.8 Å². The number of hydrogen-bond donors (Lipinski definition) is 3. The largest absolute Gasteiger partial charge is 0.462 e. The Hall–Kier alpha value is -2.31. The summed E-state index contributed by atoms with van der Waals surface area (Å²) in [6, 6.07) is 0. The molecular formula is C14H19N3O4. The van der Waals surface area contributed by atoms with Gasteiger partial charge in [-0.1, -0.05) is 0 Å². The van der Waals surface area contributed by atoms with E-state index in [9.17, 15) is 14.4 Å². The Morgan fingerprint density at radius 1 is 1.48 bits per heavy atom. The molecule has 1 aliphatic heterocycles. The first-order chi connectivity index (χ1) is 10.0. The number of piperidine rings is 1. The summed E-state index contributed by atoms with van der Waals surface area (Å²) >= 11 is 0. The molecule has 1 aliphatic rings. The van der Waals surface area contributed by atoms with Gasteiger partial charge in [-0.2, -0.15) is 0 Å². The fraction of sp³-hybridized carbons (Fsp3) is 0.500. The van der Waals surface area contributed by atoms with Crippen molar-refractivity contribution < 1.29 is 19.1 Å². The number of aryl methyl sites for hydroxylation is 1. The van der Waals surface area contributed by atoms with Gasteiger partial charge in [0, 0.05) is 24.9 Å². The second-order valence-electron chi connectivity index (χ2n) is 4.95. The zero-order valence-electron chi connectivity index (χ0n) is 12.1. The van der Waals surface area contributed by atoms with Gasteiger partial charge in [0.25, 0.3) is 0 Å². The molecule has 0 radical (unpaired) electrons. The van der Waals surface area contributed by atoms with Crippen molar-refractivity contribution in [3.63, 3.8) is 0 Å². The average molecular weight is 293 g/mol. The van der Waals surface area contributed by atoms with Crippen LogP contribution in [0.25, 0.3) is 0 Å². The van der Waals surface area contributed by atoms with Gasteiger partial charge in [-0.3, -0.25) is 9.59 Å². The van der Waals surface area contributed by atoms with Crippen LogP contribution in [0.1, 0.15) is 35.8 Å². The minimum atomic E-state index is -0.469. The molecule has 2 heterocycles. The summed E-state index contributed by atoms with van der Waals surface area (Å²) in [6.07, 6.45) is 2.42. The zero-order chi connectivity index (χ0) is 15.4. The number of H-pyrrole nitrogens is 1. The fourth-order valence-corrected chi connectivity index (χ4v) is 2.28. The number of esters is 1. The molecule has 1 unspecified atom stereocenters. The average Bonchev–Trinajstić information content (AvgIpc) is 2.80. The summed E-state index contributed by atoms with van der Waals surface area (Å²) in [5.74, 6) is -1.00. The van der Waals surface area contributed by atoms with E-state index in [2.05, 4.69) is 15.6 Å². The molecule has 0 aromatic carbocycles. The number of rotatable bonds is 4. The first kappa shape index (κ1) is 15.1. The van der Waals surface area contributed by atoms with E-state index < -0.39 is 5.97 Å². The summed E-state index contributed by atoms with van der Waals surface area (Å²) in [5.41, 5.74) is 1.39. The Morgan fingerprint density at radius 3 is 2.86 bits per heavy atom. The molecule has 0 saturated carbocycles.